The third kappa shape index (κ3) is 7.07. The van der Waals surface area contributed by atoms with Gasteiger partial charge in [-0.3, -0.25) is 9.78 Å². The number of hydrogen-bond donors (Lipinski definition) is 5. The van der Waals surface area contributed by atoms with E-state index in [1.54, 1.807) is 6.92 Å². The average molecular weight is 283 g/mol. The molecule has 1 rings (SSSR count). The molecule has 1 aromatic heterocycles. The number of aliphatic hydroxyl groups is 1. The number of aldehydes is 1. The van der Waals surface area contributed by atoms with Crippen molar-refractivity contribution >= 4 is 14.1 Å². The number of rotatable bonds is 2. The zero-order chi connectivity index (χ0) is 13.6. The van der Waals surface area contributed by atoms with E-state index in [0.717, 1.165) is 0 Å². The summed E-state index contributed by atoms with van der Waals surface area (Å²) in [5.41, 5.74) is 0.840. The molecule has 0 saturated carbocycles. The molecule has 0 aromatic carbocycles. The highest BCUT2D eigenvalue weighted by Crippen LogP contribution is 2.25. The van der Waals surface area contributed by atoms with Crippen LogP contribution in [0.4, 0.5) is 0 Å². The zero-order valence-electron chi connectivity index (χ0n) is 9.31. The van der Waals surface area contributed by atoms with Gasteiger partial charge in [-0.25, -0.2) is 4.57 Å². The molecule has 0 amide bonds. The van der Waals surface area contributed by atoms with Crippen molar-refractivity contribution in [1.82, 2.24) is 4.98 Å². The first-order chi connectivity index (χ1) is 7.70. The predicted octanol–water partition coefficient (Wildman–Crippen LogP) is -1.35. The Hall–Kier alpha value is -1.35. The molecule has 104 valence electrons. The molecule has 0 bridgehead atoms. The number of carbonyl (C=O) groups is 1. The van der Waals surface area contributed by atoms with Crippen LogP contribution in [0.2, 0.25) is 0 Å². The lowest BCUT2D eigenvalue weighted by atomic mass is 10.1. The van der Waals surface area contributed by atoms with E-state index < -0.39 is 7.82 Å². The summed E-state index contributed by atoms with van der Waals surface area (Å²) in [5, 5.41) is 18.1. The first-order valence-corrected chi connectivity index (χ1v) is 5.79. The maximum absolute atomic E-state index is 10.5. The topological polar surface area (TPSA) is 180 Å². The van der Waals surface area contributed by atoms with E-state index in [2.05, 4.69) is 4.98 Å². The molecule has 0 saturated heterocycles. The summed E-state index contributed by atoms with van der Waals surface area (Å²) in [5.74, 6) is -0.156. The molecule has 0 aliphatic carbocycles. The Morgan fingerprint density at radius 3 is 2.17 bits per heavy atom. The molecule has 0 aliphatic heterocycles. The molecule has 0 radical (unpaired) electrons. The van der Waals surface area contributed by atoms with E-state index in [1.165, 1.54) is 6.20 Å². The molecule has 18 heavy (non-hydrogen) atoms. The third-order valence-electron chi connectivity index (χ3n) is 1.65. The maximum atomic E-state index is 10.5. The fourth-order valence-corrected chi connectivity index (χ4v) is 0.910. The Morgan fingerprint density at radius 2 is 1.83 bits per heavy atom. The van der Waals surface area contributed by atoms with Crippen molar-refractivity contribution in [2.75, 3.05) is 0 Å². The molecule has 0 atom stereocenters. The molecule has 0 unspecified atom stereocenters. The van der Waals surface area contributed by atoms with Crippen molar-refractivity contribution in [1.29, 1.82) is 0 Å². The number of phosphoric acid groups is 1. The lowest BCUT2D eigenvalue weighted by Crippen LogP contribution is -1.96. The number of aromatic hydroxyl groups is 1. The molecule has 9 nitrogen and oxygen atoms in total. The van der Waals surface area contributed by atoms with Crippen LogP contribution in [0.25, 0.3) is 0 Å². The Kier molecular flexibility index (Phi) is 8.31. The highest BCUT2D eigenvalue weighted by Gasteiger charge is 2.09. The summed E-state index contributed by atoms with van der Waals surface area (Å²) >= 11 is 0. The molecule has 7 N–H and O–H groups in total. The standard InChI is InChI=1S/C8H9NO3.H3O4P.H2O/c1-5-8(12)7(4-11)6(3-10)2-9-5;1-5(2,3)4;/h2,4,10,12H,3H2,1H3;(H3,1,2,3,4);1H2. The van der Waals surface area contributed by atoms with Crippen LogP contribution in [0, 0.1) is 6.92 Å². The Balaban J connectivity index is 0. The van der Waals surface area contributed by atoms with Crippen LogP contribution >= 0.6 is 7.82 Å². The second-order valence-corrected chi connectivity index (χ2v) is 3.95. The lowest BCUT2D eigenvalue weighted by Gasteiger charge is -2.04. The molecule has 0 fully saturated rings. The first kappa shape index (κ1) is 19.0. The van der Waals surface area contributed by atoms with Crippen molar-refractivity contribution in [2.45, 2.75) is 13.5 Å². The normalized spacial score (nSPS) is 9.83. The third-order valence-corrected chi connectivity index (χ3v) is 1.65. The van der Waals surface area contributed by atoms with Crippen LogP contribution in [0.15, 0.2) is 6.20 Å². The molecular formula is C8H14NO8P. The molecule has 1 heterocycles. The van der Waals surface area contributed by atoms with Gasteiger partial charge in [-0.2, -0.15) is 0 Å². The fourth-order valence-electron chi connectivity index (χ4n) is 0.910. The number of nitrogens with zero attached hydrogens (tertiary/aromatic N) is 1. The summed E-state index contributed by atoms with van der Waals surface area (Å²) in [6, 6.07) is 0. The Bertz CT molecular complexity index is 435. The summed E-state index contributed by atoms with van der Waals surface area (Å²) in [6.45, 7) is 1.29. The second-order valence-electron chi connectivity index (χ2n) is 2.92. The summed E-state index contributed by atoms with van der Waals surface area (Å²) in [4.78, 5) is 35.8. The van der Waals surface area contributed by atoms with Gasteiger partial charge in [0, 0.05) is 11.8 Å². The van der Waals surface area contributed by atoms with Crippen LogP contribution in [0.1, 0.15) is 21.6 Å². The van der Waals surface area contributed by atoms with E-state index in [-0.39, 0.29) is 23.4 Å². The van der Waals surface area contributed by atoms with Gasteiger partial charge in [-0.1, -0.05) is 0 Å². The van der Waals surface area contributed by atoms with E-state index in [9.17, 15) is 9.90 Å². The molecule has 0 spiro atoms. The van der Waals surface area contributed by atoms with Crippen molar-refractivity contribution in [3.05, 3.63) is 23.0 Å². The highest BCUT2D eigenvalue weighted by molar-refractivity contribution is 7.45. The SMILES string of the molecule is Cc1ncc(CO)c(C=O)c1O.O.O=P(O)(O)O. The van der Waals surface area contributed by atoms with Gasteiger partial charge in [-0.15, -0.1) is 0 Å². The Morgan fingerprint density at radius 1 is 1.39 bits per heavy atom. The number of aromatic nitrogens is 1. The molecule has 10 heteroatoms. The van der Waals surface area contributed by atoms with E-state index in [0.29, 0.717) is 17.5 Å². The quantitative estimate of drug-likeness (QED) is 0.326. The minimum absolute atomic E-state index is 0. The van der Waals surface area contributed by atoms with Crippen LogP contribution < -0.4 is 0 Å². The lowest BCUT2D eigenvalue weighted by molar-refractivity contribution is 0.111. The molecule has 1 aromatic rings. The fraction of sp³-hybridized carbons (Fsp3) is 0.250. The summed E-state index contributed by atoms with van der Waals surface area (Å²) in [6.07, 6.45) is 1.88. The van der Waals surface area contributed by atoms with Gasteiger partial charge < -0.3 is 30.4 Å². The minimum Gasteiger partial charge on any atom is -0.505 e. The zero-order valence-corrected chi connectivity index (χ0v) is 10.2. The predicted molar refractivity (Wildman–Crippen MR) is 59.8 cm³/mol. The summed E-state index contributed by atoms with van der Waals surface area (Å²) in [7, 11) is -4.64. The Labute approximate surface area is 102 Å². The minimum atomic E-state index is -4.64. The smallest absolute Gasteiger partial charge is 0.466 e. The average Bonchev–Trinajstić information content (AvgIpc) is 2.19. The highest BCUT2D eigenvalue weighted by atomic mass is 31.2. The van der Waals surface area contributed by atoms with Gasteiger partial charge in [0.05, 0.1) is 17.9 Å². The number of hydrogen-bond acceptors (Lipinski definition) is 5. The molecular weight excluding hydrogens is 269 g/mol. The van der Waals surface area contributed by atoms with E-state index in [1.807, 2.05) is 0 Å². The van der Waals surface area contributed by atoms with Crippen molar-refractivity contribution in [3.63, 3.8) is 0 Å². The largest absolute Gasteiger partial charge is 0.505 e. The van der Waals surface area contributed by atoms with Crippen LogP contribution in [0.5, 0.6) is 5.75 Å². The van der Waals surface area contributed by atoms with Gasteiger partial charge in [0.15, 0.2) is 6.29 Å². The molecule has 0 aliphatic rings. The van der Waals surface area contributed by atoms with Crippen LogP contribution in [-0.2, 0) is 11.2 Å². The van der Waals surface area contributed by atoms with Crippen molar-refractivity contribution in [3.8, 4) is 5.75 Å². The van der Waals surface area contributed by atoms with E-state index in [4.69, 9.17) is 24.4 Å². The van der Waals surface area contributed by atoms with Gasteiger partial charge in [0.1, 0.15) is 5.75 Å². The number of pyridine rings is 1. The van der Waals surface area contributed by atoms with Gasteiger partial charge >= 0.3 is 7.82 Å². The second kappa shape index (κ2) is 7.88. The van der Waals surface area contributed by atoms with Crippen molar-refractivity contribution in [2.24, 2.45) is 0 Å². The van der Waals surface area contributed by atoms with Gasteiger partial charge in [-0.05, 0) is 6.92 Å². The summed E-state index contributed by atoms with van der Waals surface area (Å²) < 4.78 is 8.88. The van der Waals surface area contributed by atoms with Crippen LogP contribution in [-0.4, -0.2) is 41.6 Å². The maximum Gasteiger partial charge on any atom is 0.466 e. The number of aryl methyl sites for hydroxylation is 1. The van der Waals surface area contributed by atoms with Gasteiger partial charge in [0.25, 0.3) is 0 Å². The number of carbonyl (C=O) groups excluding carboxylic acids is 1. The first-order valence-electron chi connectivity index (χ1n) is 4.22. The van der Waals surface area contributed by atoms with Crippen LogP contribution in [0.3, 0.4) is 0 Å². The van der Waals surface area contributed by atoms with E-state index >= 15 is 0 Å². The van der Waals surface area contributed by atoms with Gasteiger partial charge in [0.2, 0.25) is 0 Å². The number of aliphatic hydroxyl groups excluding tert-OH is 1. The van der Waals surface area contributed by atoms with Crippen molar-refractivity contribution < 1.29 is 39.7 Å². The monoisotopic (exact) mass is 283 g/mol.